The van der Waals surface area contributed by atoms with Gasteiger partial charge in [-0.05, 0) is 36.4 Å². The second-order valence-electron chi connectivity index (χ2n) is 4.83. The number of anilines is 1. The van der Waals surface area contributed by atoms with E-state index in [4.69, 9.17) is 4.74 Å². The molecule has 0 radical (unpaired) electrons. The highest BCUT2D eigenvalue weighted by atomic mass is 16.5. The van der Waals surface area contributed by atoms with E-state index in [-0.39, 0.29) is 5.97 Å². The number of carbonyl (C=O) groups excluding carboxylic acids is 1. The molecule has 3 aromatic rings. The van der Waals surface area contributed by atoms with Gasteiger partial charge in [0.05, 0.1) is 5.56 Å². The van der Waals surface area contributed by atoms with Gasteiger partial charge in [0.2, 0.25) is 0 Å². The second-order valence-corrected chi connectivity index (χ2v) is 4.83. The van der Waals surface area contributed by atoms with Crippen LogP contribution in [0.25, 0.3) is 10.9 Å². The molecule has 0 bridgehead atoms. The van der Waals surface area contributed by atoms with Crippen LogP contribution in [0.3, 0.4) is 0 Å². The Morgan fingerprint density at radius 1 is 1.23 bits per heavy atom. The minimum atomic E-state index is -0.387. The van der Waals surface area contributed by atoms with Crippen LogP contribution in [0.15, 0.2) is 67.4 Å². The van der Waals surface area contributed by atoms with E-state index in [1.807, 2.05) is 42.6 Å². The number of carbonyl (C=O) groups is 1. The summed E-state index contributed by atoms with van der Waals surface area (Å²) in [5.41, 5.74) is 2.24. The number of fused-ring (bicyclic) bond motifs is 1. The molecule has 0 fully saturated rings. The van der Waals surface area contributed by atoms with Crippen molar-refractivity contribution in [1.29, 1.82) is 0 Å². The predicted octanol–water partition coefficient (Wildman–Crippen LogP) is 3.99. The van der Waals surface area contributed by atoms with Crippen LogP contribution in [0, 0.1) is 0 Å². The van der Waals surface area contributed by atoms with Crippen LogP contribution in [0.4, 0.5) is 5.69 Å². The van der Waals surface area contributed by atoms with Crippen molar-refractivity contribution in [3.05, 3.63) is 72.9 Å². The highest BCUT2D eigenvalue weighted by Gasteiger charge is 2.13. The van der Waals surface area contributed by atoms with Crippen LogP contribution in [-0.4, -0.2) is 17.5 Å². The SMILES string of the molecule is C=CCNc1ccccc1C(=O)Oc1ccc2[nH]ccc2c1. The van der Waals surface area contributed by atoms with Gasteiger partial charge >= 0.3 is 5.97 Å². The monoisotopic (exact) mass is 292 g/mol. The second kappa shape index (κ2) is 6.18. The smallest absolute Gasteiger partial charge is 0.345 e. The molecule has 0 saturated heterocycles. The van der Waals surface area contributed by atoms with Gasteiger partial charge in [0.25, 0.3) is 0 Å². The van der Waals surface area contributed by atoms with Crippen molar-refractivity contribution in [2.45, 2.75) is 0 Å². The van der Waals surface area contributed by atoms with Gasteiger partial charge in [-0.3, -0.25) is 0 Å². The molecular weight excluding hydrogens is 276 g/mol. The Morgan fingerprint density at radius 2 is 2.09 bits per heavy atom. The van der Waals surface area contributed by atoms with Gasteiger partial charge in [-0.15, -0.1) is 6.58 Å². The van der Waals surface area contributed by atoms with E-state index in [9.17, 15) is 4.79 Å². The molecule has 0 amide bonds. The molecule has 0 aliphatic rings. The van der Waals surface area contributed by atoms with Crippen molar-refractivity contribution in [1.82, 2.24) is 4.98 Å². The fraction of sp³-hybridized carbons (Fsp3) is 0.0556. The maximum Gasteiger partial charge on any atom is 0.345 e. The number of esters is 1. The number of aromatic amines is 1. The maximum absolute atomic E-state index is 12.4. The first kappa shape index (κ1) is 13.9. The first-order chi connectivity index (χ1) is 10.8. The molecule has 4 heteroatoms. The lowest BCUT2D eigenvalue weighted by atomic mass is 10.1. The summed E-state index contributed by atoms with van der Waals surface area (Å²) in [4.78, 5) is 15.5. The summed E-state index contributed by atoms with van der Waals surface area (Å²) in [7, 11) is 0. The van der Waals surface area contributed by atoms with E-state index in [1.54, 1.807) is 18.2 Å². The zero-order valence-corrected chi connectivity index (χ0v) is 12.0. The third-order valence-corrected chi connectivity index (χ3v) is 3.32. The summed E-state index contributed by atoms with van der Waals surface area (Å²) in [6.45, 7) is 4.24. The third kappa shape index (κ3) is 2.86. The zero-order valence-electron chi connectivity index (χ0n) is 12.0. The Morgan fingerprint density at radius 3 is 2.95 bits per heavy atom. The molecule has 0 saturated carbocycles. The van der Waals surface area contributed by atoms with E-state index in [1.165, 1.54) is 0 Å². The highest BCUT2D eigenvalue weighted by molar-refractivity contribution is 5.97. The molecule has 1 aromatic heterocycles. The van der Waals surface area contributed by atoms with Crippen molar-refractivity contribution < 1.29 is 9.53 Å². The lowest BCUT2D eigenvalue weighted by molar-refractivity contribution is 0.0736. The van der Waals surface area contributed by atoms with E-state index in [0.29, 0.717) is 17.9 Å². The fourth-order valence-corrected chi connectivity index (χ4v) is 2.25. The molecule has 0 spiro atoms. The Kier molecular flexibility index (Phi) is 3.92. The van der Waals surface area contributed by atoms with Gasteiger partial charge in [0.1, 0.15) is 5.75 Å². The number of ether oxygens (including phenoxy) is 1. The van der Waals surface area contributed by atoms with E-state index in [0.717, 1.165) is 16.6 Å². The molecular formula is C18H16N2O2. The van der Waals surface area contributed by atoms with Gasteiger partial charge < -0.3 is 15.0 Å². The fourth-order valence-electron chi connectivity index (χ4n) is 2.25. The maximum atomic E-state index is 12.4. The van der Waals surface area contributed by atoms with Crippen LogP contribution in [0.5, 0.6) is 5.75 Å². The Balaban J connectivity index is 1.83. The first-order valence-corrected chi connectivity index (χ1v) is 7.01. The van der Waals surface area contributed by atoms with Gasteiger partial charge in [0.15, 0.2) is 0 Å². The van der Waals surface area contributed by atoms with Crippen molar-refractivity contribution in [2.75, 3.05) is 11.9 Å². The van der Waals surface area contributed by atoms with Gasteiger partial charge in [-0.25, -0.2) is 4.79 Å². The van der Waals surface area contributed by atoms with Gasteiger partial charge in [-0.2, -0.15) is 0 Å². The summed E-state index contributed by atoms with van der Waals surface area (Å²) < 4.78 is 5.48. The lowest BCUT2D eigenvalue weighted by Crippen LogP contribution is -2.12. The van der Waals surface area contributed by atoms with E-state index in [2.05, 4.69) is 16.9 Å². The molecule has 0 aliphatic carbocycles. The molecule has 2 aromatic carbocycles. The normalized spacial score (nSPS) is 10.4. The molecule has 0 aliphatic heterocycles. The van der Waals surface area contributed by atoms with E-state index >= 15 is 0 Å². The number of hydrogen-bond donors (Lipinski definition) is 2. The minimum absolute atomic E-state index is 0.387. The molecule has 2 N–H and O–H groups in total. The third-order valence-electron chi connectivity index (χ3n) is 3.32. The lowest BCUT2D eigenvalue weighted by Gasteiger charge is -2.10. The van der Waals surface area contributed by atoms with Crippen LogP contribution in [0.1, 0.15) is 10.4 Å². The highest BCUT2D eigenvalue weighted by Crippen LogP contribution is 2.22. The number of aromatic nitrogens is 1. The molecule has 22 heavy (non-hydrogen) atoms. The number of nitrogens with one attached hydrogen (secondary N) is 2. The number of rotatable bonds is 5. The van der Waals surface area contributed by atoms with Crippen molar-refractivity contribution in [2.24, 2.45) is 0 Å². The summed E-state index contributed by atoms with van der Waals surface area (Å²) in [6, 6.07) is 14.7. The number of benzene rings is 2. The average molecular weight is 292 g/mol. The molecule has 1 heterocycles. The number of para-hydroxylation sites is 1. The molecule has 0 atom stereocenters. The van der Waals surface area contributed by atoms with Gasteiger partial charge in [0, 0.05) is 29.3 Å². The van der Waals surface area contributed by atoms with Crippen LogP contribution in [-0.2, 0) is 0 Å². The predicted molar refractivity (Wildman–Crippen MR) is 88.4 cm³/mol. The van der Waals surface area contributed by atoms with Crippen molar-refractivity contribution in [3.63, 3.8) is 0 Å². The van der Waals surface area contributed by atoms with Crippen molar-refractivity contribution >= 4 is 22.6 Å². The quantitative estimate of drug-likeness (QED) is 0.425. The van der Waals surface area contributed by atoms with E-state index < -0.39 is 0 Å². The topological polar surface area (TPSA) is 54.1 Å². The molecule has 110 valence electrons. The Hall–Kier alpha value is -3.01. The zero-order chi connectivity index (χ0) is 15.4. The molecule has 0 unspecified atom stereocenters. The minimum Gasteiger partial charge on any atom is -0.423 e. The summed E-state index contributed by atoms with van der Waals surface area (Å²) in [5.74, 6) is 0.137. The molecule has 3 rings (SSSR count). The standard InChI is InChI=1S/C18H16N2O2/c1-2-10-19-17-6-4-3-5-15(17)18(21)22-14-7-8-16-13(12-14)9-11-20-16/h2-9,11-12,19-20H,1,10H2. The average Bonchev–Trinajstić information content (AvgIpc) is 3.00. The number of H-pyrrole nitrogens is 1. The van der Waals surface area contributed by atoms with Crippen LogP contribution < -0.4 is 10.1 Å². The Labute approximate surface area is 128 Å². The summed E-state index contributed by atoms with van der Waals surface area (Å²) in [5, 5.41) is 4.13. The van der Waals surface area contributed by atoms with Crippen LogP contribution >= 0.6 is 0 Å². The first-order valence-electron chi connectivity index (χ1n) is 7.01. The van der Waals surface area contributed by atoms with Crippen LogP contribution in [0.2, 0.25) is 0 Å². The van der Waals surface area contributed by atoms with Gasteiger partial charge in [-0.1, -0.05) is 18.2 Å². The largest absolute Gasteiger partial charge is 0.423 e. The Bertz CT molecular complexity index is 821. The van der Waals surface area contributed by atoms with Crippen molar-refractivity contribution in [3.8, 4) is 5.75 Å². The number of hydrogen-bond acceptors (Lipinski definition) is 3. The summed E-state index contributed by atoms with van der Waals surface area (Å²) >= 11 is 0. The molecule has 4 nitrogen and oxygen atoms in total. The summed E-state index contributed by atoms with van der Waals surface area (Å²) in [6.07, 6.45) is 3.59.